The lowest BCUT2D eigenvalue weighted by Gasteiger charge is -2.19. The highest BCUT2D eigenvalue weighted by molar-refractivity contribution is 7.89. The fraction of sp³-hybridized carbons (Fsp3) is 0.889. The summed E-state index contributed by atoms with van der Waals surface area (Å²) in [6.45, 7) is 1.48. The number of sulfonamides is 1. The van der Waals surface area contributed by atoms with Crippen LogP contribution in [0.15, 0.2) is 0 Å². The van der Waals surface area contributed by atoms with Gasteiger partial charge < -0.3 is 4.84 Å². The summed E-state index contributed by atoms with van der Waals surface area (Å²) in [5.41, 5.74) is 0. The second kappa shape index (κ2) is 5.46. The van der Waals surface area contributed by atoms with Crippen LogP contribution in [0.2, 0.25) is 0 Å². The van der Waals surface area contributed by atoms with E-state index in [0.717, 1.165) is 32.1 Å². The molecule has 0 aromatic heterocycles. The second-order valence-corrected chi connectivity index (χ2v) is 5.72. The summed E-state index contributed by atoms with van der Waals surface area (Å²) in [6.07, 6.45) is 4.77. The van der Waals surface area contributed by atoms with Gasteiger partial charge in [0.2, 0.25) is 10.0 Å². The van der Waals surface area contributed by atoms with Crippen molar-refractivity contribution in [3.63, 3.8) is 0 Å². The topological polar surface area (TPSA) is 72.5 Å². The van der Waals surface area contributed by atoms with Gasteiger partial charge in [-0.25, -0.2) is 8.42 Å². The molecule has 0 atom stereocenters. The SMILES string of the molecule is CCS(=O)(=O)NOC(=O)C1CCCCC1. The molecule has 6 heteroatoms. The molecule has 1 aliphatic rings. The van der Waals surface area contributed by atoms with Crippen molar-refractivity contribution in [3.05, 3.63) is 0 Å². The molecule has 0 aromatic rings. The van der Waals surface area contributed by atoms with Gasteiger partial charge in [0.1, 0.15) is 0 Å². The Morgan fingerprint density at radius 2 is 1.93 bits per heavy atom. The Kier molecular flexibility index (Phi) is 4.53. The lowest BCUT2D eigenvalue weighted by molar-refractivity contribution is -0.153. The molecule has 1 fully saturated rings. The van der Waals surface area contributed by atoms with Gasteiger partial charge in [-0.2, -0.15) is 0 Å². The molecule has 0 amide bonds. The van der Waals surface area contributed by atoms with Crippen LogP contribution >= 0.6 is 0 Å². The van der Waals surface area contributed by atoms with E-state index in [4.69, 9.17) is 0 Å². The number of hydrogen-bond donors (Lipinski definition) is 1. The maximum Gasteiger partial charge on any atom is 0.329 e. The first-order chi connectivity index (χ1) is 7.05. The monoisotopic (exact) mass is 235 g/mol. The van der Waals surface area contributed by atoms with Crippen molar-refractivity contribution >= 4 is 16.0 Å². The molecule has 0 saturated heterocycles. The molecule has 0 unspecified atom stereocenters. The van der Waals surface area contributed by atoms with Crippen LogP contribution < -0.4 is 4.89 Å². The summed E-state index contributed by atoms with van der Waals surface area (Å²) < 4.78 is 22.0. The van der Waals surface area contributed by atoms with E-state index in [2.05, 4.69) is 4.84 Å². The van der Waals surface area contributed by atoms with Gasteiger partial charge in [0.05, 0.1) is 11.7 Å². The lowest BCUT2D eigenvalue weighted by Crippen LogP contribution is -2.32. The Balaban J connectivity index is 2.35. The van der Waals surface area contributed by atoms with Gasteiger partial charge in [-0.1, -0.05) is 19.3 Å². The average molecular weight is 235 g/mol. The van der Waals surface area contributed by atoms with Crippen molar-refractivity contribution < 1.29 is 18.0 Å². The highest BCUT2D eigenvalue weighted by Crippen LogP contribution is 2.24. The predicted molar refractivity (Wildman–Crippen MR) is 55.3 cm³/mol. The highest BCUT2D eigenvalue weighted by atomic mass is 32.2. The minimum absolute atomic E-state index is 0.0923. The van der Waals surface area contributed by atoms with Gasteiger partial charge >= 0.3 is 5.97 Å². The molecule has 0 heterocycles. The molecule has 0 aliphatic heterocycles. The summed E-state index contributed by atoms with van der Waals surface area (Å²) in [4.78, 5) is 17.8. The van der Waals surface area contributed by atoms with Crippen LogP contribution in [0.3, 0.4) is 0 Å². The molecule has 0 radical (unpaired) electrons. The van der Waals surface area contributed by atoms with E-state index in [0.29, 0.717) is 0 Å². The van der Waals surface area contributed by atoms with Crippen LogP contribution in [0, 0.1) is 5.92 Å². The largest absolute Gasteiger partial charge is 0.356 e. The Bertz CT molecular complexity index is 306. The van der Waals surface area contributed by atoms with Crippen molar-refractivity contribution in [2.75, 3.05) is 5.75 Å². The van der Waals surface area contributed by atoms with Gasteiger partial charge in [-0.15, -0.1) is 0 Å². The van der Waals surface area contributed by atoms with Crippen molar-refractivity contribution in [3.8, 4) is 0 Å². The van der Waals surface area contributed by atoms with Gasteiger partial charge in [0, 0.05) is 0 Å². The van der Waals surface area contributed by atoms with Crippen molar-refractivity contribution in [2.24, 2.45) is 5.92 Å². The van der Waals surface area contributed by atoms with E-state index < -0.39 is 16.0 Å². The molecule has 5 nitrogen and oxygen atoms in total. The third-order valence-corrected chi connectivity index (χ3v) is 3.69. The van der Waals surface area contributed by atoms with Gasteiger partial charge in [-0.3, -0.25) is 4.79 Å². The molecule has 1 aliphatic carbocycles. The number of hydrogen-bond acceptors (Lipinski definition) is 4. The summed E-state index contributed by atoms with van der Waals surface area (Å²) >= 11 is 0. The van der Waals surface area contributed by atoms with E-state index in [1.807, 2.05) is 4.89 Å². The fourth-order valence-electron chi connectivity index (χ4n) is 1.59. The average Bonchev–Trinajstić information content (AvgIpc) is 2.27. The van der Waals surface area contributed by atoms with Crippen LogP contribution in [0.25, 0.3) is 0 Å². The normalized spacial score (nSPS) is 18.7. The summed E-state index contributed by atoms with van der Waals surface area (Å²) in [6, 6.07) is 0. The van der Waals surface area contributed by atoms with E-state index in [1.54, 1.807) is 0 Å². The third-order valence-electron chi connectivity index (χ3n) is 2.59. The van der Waals surface area contributed by atoms with E-state index >= 15 is 0 Å². The van der Waals surface area contributed by atoms with Crippen LogP contribution in [0.4, 0.5) is 0 Å². The van der Waals surface area contributed by atoms with Crippen molar-refractivity contribution in [1.82, 2.24) is 4.89 Å². The number of carbonyl (C=O) groups is 1. The zero-order valence-corrected chi connectivity index (χ0v) is 9.68. The molecule has 1 N–H and O–H groups in total. The number of rotatable bonds is 4. The van der Waals surface area contributed by atoms with Crippen LogP contribution in [0.1, 0.15) is 39.0 Å². The summed E-state index contributed by atoms with van der Waals surface area (Å²) in [5, 5.41) is 0. The quantitative estimate of drug-likeness (QED) is 0.737. The lowest BCUT2D eigenvalue weighted by atomic mass is 9.89. The van der Waals surface area contributed by atoms with Crippen LogP contribution in [-0.4, -0.2) is 20.1 Å². The molecule has 1 saturated carbocycles. The van der Waals surface area contributed by atoms with E-state index in [9.17, 15) is 13.2 Å². The summed E-state index contributed by atoms with van der Waals surface area (Å²) in [7, 11) is -3.45. The van der Waals surface area contributed by atoms with E-state index in [1.165, 1.54) is 6.92 Å². The first-order valence-electron chi connectivity index (χ1n) is 5.25. The Labute approximate surface area is 90.2 Å². The molecule has 1 rings (SSSR count). The smallest absolute Gasteiger partial charge is 0.329 e. The molecule has 88 valence electrons. The van der Waals surface area contributed by atoms with Crippen LogP contribution in [-0.2, 0) is 19.7 Å². The zero-order chi connectivity index (χ0) is 11.3. The standard InChI is InChI=1S/C9H17NO4S/c1-2-15(12,13)10-14-9(11)8-6-4-3-5-7-8/h8,10H,2-7H2,1H3. The predicted octanol–water partition coefficient (Wildman–Crippen LogP) is 0.964. The van der Waals surface area contributed by atoms with E-state index in [-0.39, 0.29) is 11.7 Å². The van der Waals surface area contributed by atoms with Gasteiger partial charge in [0.15, 0.2) is 0 Å². The van der Waals surface area contributed by atoms with Crippen molar-refractivity contribution in [1.29, 1.82) is 0 Å². The Morgan fingerprint density at radius 1 is 1.33 bits per heavy atom. The van der Waals surface area contributed by atoms with Gasteiger partial charge in [0.25, 0.3) is 0 Å². The van der Waals surface area contributed by atoms with Gasteiger partial charge in [-0.05, 0) is 24.7 Å². The minimum atomic E-state index is -3.45. The maximum absolute atomic E-state index is 11.4. The first kappa shape index (κ1) is 12.4. The number of carbonyl (C=O) groups excluding carboxylic acids is 1. The van der Waals surface area contributed by atoms with Crippen molar-refractivity contribution in [2.45, 2.75) is 39.0 Å². The molecule has 0 spiro atoms. The highest BCUT2D eigenvalue weighted by Gasteiger charge is 2.23. The summed E-state index contributed by atoms with van der Waals surface area (Å²) in [5.74, 6) is -0.685. The molecule has 15 heavy (non-hydrogen) atoms. The third kappa shape index (κ3) is 4.17. The fourth-order valence-corrected chi connectivity index (χ4v) is 1.91. The maximum atomic E-state index is 11.4. The molecule has 0 bridgehead atoms. The molecule has 0 aromatic carbocycles. The number of nitrogens with one attached hydrogen (secondary N) is 1. The minimum Gasteiger partial charge on any atom is -0.356 e. The Morgan fingerprint density at radius 3 is 2.47 bits per heavy atom. The second-order valence-electron chi connectivity index (χ2n) is 3.74. The zero-order valence-electron chi connectivity index (χ0n) is 8.86. The van der Waals surface area contributed by atoms with Crippen LogP contribution in [0.5, 0.6) is 0 Å². The Hall–Kier alpha value is -0.620. The molecular formula is C9H17NO4S. The first-order valence-corrected chi connectivity index (χ1v) is 6.90. The molecular weight excluding hydrogens is 218 g/mol.